The van der Waals surface area contributed by atoms with Crippen molar-refractivity contribution < 1.29 is 19.1 Å². The van der Waals surface area contributed by atoms with Crippen molar-refractivity contribution in [1.29, 1.82) is 0 Å². The first-order valence-corrected chi connectivity index (χ1v) is 15.7. The Morgan fingerprint density at radius 3 is 2.38 bits per heavy atom. The molecule has 3 atom stereocenters. The highest BCUT2D eigenvalue weighted by molar-refractivity contribution is 7.09. The maximum absolute atomic E-state index is 13.5. The summed E-state index contributed by atoms with van der Waals surface area (Å²) in [6, 6.07) is 10.2. The summed E-state index contributed by atoms with van der Waals surface area (Å²) in [6.45, 7) is 9.69. The molecule has 0 unspecified atom stereocenters. The van der Waals surface area contributed by atoms with Crippen LogP contribution in [0.15, 0.2) is 35.7 Å². The van der Waals surface area contributed by atoms with Gasteiger partial charge in [0.25, 0.3) is 5.91 Å². The number of carbonyl (C=O) groups excluding carboxylic acids is 3. The van der Waals surface area contributed by atoms with E-state index >= 15 is 0 Å². The van der Waals surface area contributed by atoms with Gasteiger partial charge in [-0.2, -0.15) is 0 Å². The van der Waals surface area contributed by atoms with Gasteiger partial charge in [-0.15, -0.1) is 11.3 Å². The maximum Gasteiger partial charge on any atom is 0.303 e. The third-order valence-corrected chi connectivity index (χ3v) is 9.19. The van der Waals surface area contributed by atoms with Gasteiger partial charge in [-0.05, 0) is 36.7 Å². The zero-order chi connectivity index (χ0) is 29.3. The zero-order valence-electron chi connectivity index (χ0n) is 25.1. The molecule has 1 aromatic carbocycles. The van der Waals surface area contributed by atoms with Crippen molar-refractivity contribution in [2.24, 2.45) is 11.8 Å². The molecule has 1 aliphatic rings. The summed E-state index contributed by atoms with van der Waals surface area (Å²) in [6.07, 6.45) is 7.24. The van der Waals surface area contributed by atoms with E-state index in [-0.39, 0.29) is 29.3 Å². The minimum atomic E-state index is -0.636. The number of nitrogens with zero attached hydrogens (tertiary/aromatic N) is 2. The highest BCUT2D eigenvalue weighted by atomic mass is 32.1. The Morgan fingerprint density at radius 2 is 1.77 bits per heavy atom. The normalized spacial score (nSPS) is 17.1. The highest BCUT2D eigenvalue weighted by Crippen LogP contribution is 2.33. The van der Waals surface area contributed by atoms with Crippen molar-refractivity contribution in [3.63, 3.8) is 0 Å². The third-order valence-electron chi connectivity index (χ3n) is 8.25. The molecule has 1 N–H and O–H groups in total. The molecule has 0 aliphatic heterocycles. The largest absolute Gasteiger partial charge is 0.455 e. The topological polar surface area (TPSA) is 88.6 Å². The lowest BCUT2D eigenvalue weighted by atomic mass is 9.77. The Kier molecular flexibility index (Phi) is 11.7. The highest BCUT2D eigenvalue weighted by Gasteiger charge is 2.35. The summed E-state index contributed by atoms with van der Waals surface area (Å²) >= 11 is 1.33. The number of rotatable bonds is 13. The smallest absolute Gasteiger partial charge is 0.303 e. The van der Waals surface area contributed by atoms with Crippen LogP contribution in [0.5, 0.6) is 0 Å². The molecule has 2 aromatic rings. The van der Waals surface area contributed by atoms with Gasteiger partial charge in [0, 0.05) is 43.8 Å². The molecular formula is C32H47N3O4S. The van der Waals surface area contributed by atoms with Crippen LogP contribution in [0.3, 0.4) is 0 Å². The molecule has 1 aliphatic carbocycles. The lowest BCUT2D eigenvalue weighted by Crippen LogP contribution is -2.51. The monoisotopic (exact) mass is 569 g/mol. The SMILES string of the molecule is CC[C@H](C)CC(=O)N(C)[C@H](C[C@@H](OC(C)=O)c1nc(C(=O)NC2(Cc3ccccc3)CCCCC2)cs1)C(C)C. The number of aromatic nitrogens is 1. The van der Waals surface area contributed by atoms with Crippen molar-refractivity contribution >= 4 is 29.1 Å². The fourth-order valence-electron chi connectivity index (χ4n) is 5.67. The molecule has 0 bridgehead atoms. The quantitative estimate of drug-likeness (QED) is 0.270. The molecule has 3 rings (SSSR count). The van der Waals surface area contributed by atoms with E-state index in [1.54, 1.807) is 10.3 Å². The van der Waals surface area contributed by atoms with E-state index in [9.17, 15) is 14.4 Å². The summed E-state index contributed by atoms with van der Waals surface area (Å²) in [4.78, 5) is 45.0. The van der Waals surface area contributed by atoms with Crippen molar-refractivity contribution in [2.45, 2.75) is 110 Å². The Balaban J connectivity index is 1.78. The molecule has 0 spiro atoms. The second-order valence-corrected chi connectivity index (χ2v) is 12.8. The molecule has 0 saturated heterocycles. The molecule has 1 heterocycles. The molecule has 0 radical (unpaired) electrons. The number of hydrogen-bond donors (Lipinski definition) is 1. The average molecular weight is 570 g/mol. The summed E-state index contributed by atoms with van der Waals surface area (Å²) in [5.74, 6) is -0.0586. The van der Waals surface area contributed by atoms with E-state index in [2.05, 4.69) is 50.1 Å². The predicted molar refractivity (Wildman–Crippen MR) is 160 cm³/mol. The summed E-state index contributed by atoms with van der Waals surface area (Å²) in [7, 11) is 1.83. The van der Waals surface area contributed by atoms with Gasteiger partial charge in [0.15, 0.2) is 6.10 Å². The zero-order valence-corrected chi connectivity index (χ0v) is 25.9. The number of amides is 2. The number of benzene rings is 1. The van der Waals surface area contributed by atoms with E-state index in [0.29, 0.717) is 29.5 Å². The van der Waals surface area contributed by atoms with Crippen molar-refractivity contribution in [3.8, 4) is 0 Å². The van der Waals surface area contributed by atoms with Crippen LogP contribution in [0.25, 0.3) is 0 Å². The Labute approximate surface area is 244 Å². The van der Waals surface area contributed by atoms with Gasteiger partial charge in [-0.25, -0.2) is 4.98 Å². The van der Waals surface area contributed by atoms with Gasteiger partial charge < -0.3 is 15.0 Å². The summed E-state index contributed by atoms with van der Waals surface area (Å²) in [5, 5.41) is 5.68. The first-order chi connectivity index (χ1) is 19.0. The maximum atomic E-state index is 13.5. The van der Waals surface area contributed by atoms with Crippen LogP contribution < -0.4 is 5.32 Å². The van der Waals surface area contributed by atoms with Crippen LogP contribution in [0.1, 0.15) is 113 Å². The van der Waals surface area contributed by atoms with E-state index in [0.717, 1.165) is 38.5 Å². The average Bonchev–Trinajstić information content (AvgIpc) is 3.42. The van der Waals surface area contributed by atoms with Crippen molar-refractivity contribution in [1.82, 2.24) is 15.2 Å². The lowest BCUT2D eigenvalue weighted by Gasteiger charge is -2.38. The molecule has 40 heavy (non-hydrogen) atoms. The third kappa shape index (κ3) is 8.88. The Hall–Kier alpha value is -2.74. The van der Waals surface area contributed by atoms with Gasteiger partial charge in [0.2, 0.25) is 5.91 Å². The van der Waals surface area contributed by atoms with Gasteiger partial charge in [-0.1, -0.05) is 83.7 Å². The van der Waals surface area contributed by atoms with Crippen LogP contribution in [-0.4, -0.2) is 46.3 Å². The summed E-state index contributed by atoms with van der Waals surface area (Å²) < 4.78 is 5.73. The van der Waals surface area contributed by atoms with Gasteiger partial charge >= 0.3 is 5.97 Å². The van der Waals surface area contributed by atoms with Crippen molar-refractivity contribution in [2.75, 3.05) is 7.05 Å². The van der Waals surface area contributed by atoms with Crippen LogP contribution in [0, 0.1) is 11.8 Å². The van der Waals surface area contributed by atoms with E-state index in [4.69, 9.17) is 4.74 Å². The standard InChI is InChI=1S/C32H47N3O4S/c1-7-23(4)18-29(37)35(6)27(22(2)3)19-28(39-24(5)36)31-33-26(21-40-31)30(38)34-32(16-12-9-13-17-32)20-25-14-10-8-11-15-25/h8,10-11,14-15,21-23,27-28H,7,9,12-13,16-20H2,1-6H3,(H,34,38)/t23-,27+,28+/m0/s1. The Bertz CT molecular complexity index is 1110. The van der Waals surface area contributed by atoms with Crippen molar-refractivity contribution in [3.05, 3.63) is 52.0 Å². The fraction of sp³-hybridized carbons (Fsp3) is 0.625. The second-order valence-electron chi connectivity index (χ2n) is 11.9. The number of carbonyl (C=O) groups is 3. The molecule has 1 fully saturated rings. The molecule has 220 valence electrons. The van der Waals surface area contributed by atoms with E-state index < -0.39 is 12.1 Å². The number of ether oxygens (including phenoxy) is 1. The van der Waals surface area contributed by atoms with Crippen LogP contribution in [0.2, 0.25) is 0 Å². The molecule has 1 aromatic heterocycles. The minimum Gasteiger partial charge on any atom is -0.455 e. The minimum absolute atomic E-state index is 0.0880. The van der Waals surface area contributed by atoms with Crippen LogP contribution >= 0.6 is 11.3 Å². The first kappa shape index (κ1) is 31.8. The van der Waals surface area contributed by atoms with E-state index in [1.807, 2.05) is 25.2 Å². The van der Waals surface area contributed by atoms with E-state index in [1.165, 1.54) is 30.2 Å². The molecule has 7 nitrogen and oxygen atoms in total. The second kappa shape index (κ2) is 14.8. The first-order valence-electron chi connectivity index (χ1n) is 14.8. The van der Waals surface area contributed by atoms with Crippen LogP contribution in [-0.2, 0) is 20.7 Å². The lowest BCUT2D eigenvalue weighted by molar-refractivity contribution is -0.148. The molecular weight excluding hydrogens is 522 g/mol. The Morgan fingerprint density at radius 1 is 1.10 bits per heavy atom. The fourth-order valence-corrected chi connectivity index (χ4v) is 6.51. The number of thiazole rings is 1. The van der Waals surface area contributed by atoms with Gasteiger partial charge in [-0.3, -0.25) is 14.4 Å². The number of nitrogens with one attached hydrogen (secondary N) is 1. The summed E-state index contributed by atoms with van der Waals surface area (Å²) in [5.41, 5.74) is 1.26. The molecule has 8 heteroatoms. The van der Waals surface area contributed by atoms with Gasteiger partial charge in [0.1, 0.15) is 10.7 Å². The number of hydrogen-bond acceptors (Lipinski definition) is 6. The predicted octanol–water partition coefficient (Wildman–Crippen LogP) is 6.73. The molecule has 2 amide bonds. The number of esters is 1. The van der Waals surface area contributed by atoms with Crippen LogP contribution in [0.4, 0.5) is 0 Å². The molecule has 1 saturated carbocycles. The van der Waals surface area contributed by atoms with Gasteiger partial charge in [0.05, 0.1) is 0 Å².